The molecule has 0 aliphatic heterocycles. The van der Waals surface area contributed by atoms with E-state index in [2.05, 4.69) is 5.32 Å². The summed E-state index contributed by atoms with van der Waals surface area (Å²) in [5.41, 5.74) is -0.711. The largest absolute Gasteiger partial charge is 0.468 e. The zero-order chi connectivity index (χ0) is 11.2. The molecule has 0 bridgehead atoms. The standard InChI is InChI=1S/C10H21NO3/c1-6-10(7-13-4,9(12)14-5)11-8(2)3/h8,11H,6-7H2,1-5H3. The highest BCUT2D eigenvalue weighted by Gasteiger charge is 2.38. The predicted octanol–water partition coefficient (Wildman–Crippen LogP) is 0.953. The minimum atomic E-state index is -0.711. The van der Waals surface area contributed by atoms with Crippen molar-refractivity contribution in [3.8, 4) is 0 Å². The highest BCUT2D eigenvalue weighted by molar-refractivity contribution is 5.81. The van der Waals surface area contributed by atoms with Gasteiger partial charge in [0.15, 0.2) is 0 Å². The highest BCUT2D eigenvalue weighted by atomic mass is 16.5. The molecule has 0 fully saturated rings. The summed E-state index contributed by atoms with van der Waals surface area (Å²) in [6.45, 7) is 6.24. The van der Waals surface area contributed by atoms with Crippen LogP contribution in [0.25, 0.3) is 0 Å². The van der Waals surface area contributed by atoms with Crippen molar-refractivity contribution in [3.63, 3.8) is 0 Å². The lowest BCUT2D eigenvalue weighted by molar-refractivity contribution is -0.151. The first-order valence-corrected chi connectivity index (χ1v) is 4.87. The van der Waals surface area contributed by atoms with Crippen molar-refractivity contribution in [3.05, 3.63) is 0 Å². The van der Waals surface area contributed by atoms with Crippen molar-refractivity contribution >= 4 is 5.97 Å². The lowest BCUT2D eigenvalue weighted by Gasteiger charge is -2.32. The fourth-order valence-electron chi connectivity index (χ4n) is 1.50. The summed E-state index contributed by atoms with van der Waals surface area (Å²) in [6.07, 6.45) is 0.645. The number of carbonyl (C=O) groups is 1. The molecular formula is C10H21NO3. The van der Waals surface area contributed by atoms with Gasteiger partial charge in [0, 0.05) is 13.2 Å². The van der Waals surface area contributed by atoms with Gasteiger partial charge >= 0.3 is 5.97 Å². The Morgan fingerprint density at radius 2 is 2.00 bits per heavy atom. The lowest BCUT2D eigenvalue weighted by Crippen LogP contribution is -2.57. The number of ether oxygens (including phenoxy) is 2. The molecule has 0 aliphatic rings. The van der Waals surface area contributed by atoms with Crippen LogP contribution in [0.3, 0.4) is 0 Å². The van der Waals surface area contributed by atoms with Crippen molar-refractivity contribution in [2.24, 2.45) is 0 Å². The Morgan fingerprint density at radius 3 is 2.29 bits per heavy atom. The molecule has 1 atom stereocenters. The molecule has 0 spiro atoms. The van der Waals surface area contributed by atoms with Gasteiger partial charge in [0.05, 0.1) is 13.7 Å². The number of carbonyl (C=O) groups excluding carboxylic acids is 1. The molecule has 4 nitrogen and oxygen atoms in total. The molecule has 1 unspecified atom stereocenters. The lowest BCUT2D eigenvalue weighted by atomic mass is 9.96. The topological polar surface area (TPSA) is 47.6 Å². The SMILES string of the molecule is CCC(COC)(NC(C)C)C(=O)OC. The number of hydrogen-bond donors (Lipinski definition) is 1. The van der Waals surface area contributed by atoms with Gasteiger partial charge in [0.1, 0.15) is 5.54 Å². The maximum atomic E-state index is 11.6. The normalized spacial score (nSPS) is 15.3. The number of methoxy groups -OCH3 is 2. The molecule has 0 rings (SSSR count). The van der Waals surface area contributed by atoms with E-state index in [9.17, 15) is 4.79 Å². The Bertz CT molecular complexity index is 182. The molecule has 14 heavy (non-hydrogen) atoms. The van der Waals surface area contributed by atoms with Crippen molar-refractivity contribution < 1.29 is 14.3 Å². The molecule has 0 aromatic rings. The molecule has 0 radical (unpaired) electrons. The van der Waals surface area contributed by atoms with E-state index in [0.29, 0.717) is 13.0 Å². The summed E-state index contributed by atoms with van der Waals surface area (Å²) in [5.74, 6) is -0.268. The molecule has 84 valence electrons. The van der Waals surface area contributed by atoms with Crippen LogP contribution in [-0.4, -0.2) is 38.4 Å². The van der Waals surface area contributed by atoms with Crippen LogP contribution in [0.2, 0.25) is 0 Å². The Kier molecular flexibility index (Phi) is 5.72. The van der Waals surface area contributed by atoms with E-state index in [0.717, 1.165) is 0 Å². The Hall–Kier alpha value is -0.610. The van der Waals surface area contributed by atoms with E-state index >= 15 is 0 Å². The third-order valence-electron chi connectivity index (χ3n) is 2.14. The van der Waals surface area contributed by atoms with E-state index in [-0.39, 0.29) is 12.0 Å². The van der Waals surface area contributed by atoms with Crippen molar-refractivity contribution in [2.45, 2.75) is 38.8 Å². The fourth-order valence-corrected chi connectivity index (χ4v) is 1.50. The van der Waals surface area contributed by atoms with E-state index in [1.54, 1.807) is 7.11 Å². The first kappa shape index (κ1) is 13.4. The van der Waals surface area contributed by atoms with Gasteiger partial charge in [-0.1, -0.05) is 6.92 Å². The molecular weight excluding hydrogens is 182 g/mol. The average Bonchev–Trinajstić information content (AvgIpc) is 2.15. The third kappa shape index (κ3) is 3.27. The average molecular weight is 203 g/mol. The van der Waals surface area contributed by atoms with Crippen LogP contribution in [-0.2, 0) is 14.3 Å². The monoisotopic (exact) mass is 203 g/mol. The summed E-state index contributed by atoms with van der Waals surface area (Å²) in [6, 6.07) is 0.212. The van der Waals surface area contributed by atoms with Crippen LogP contribution < -0.4 is 5.32 Å². The van der Waals surface area contributed by atoms with Gasteiger partial charge < -0.3 is 9.47 Å². The molecule has 0 saturated heterocycles. The molecule has 4 heteroatoms. The first-order valence-electron chi connectivity index (χ1n) is 4.87. The molecule has 0 aromatic heterocycles. The second-order valence-corrected chi connectivity index (χ2v) is 3.66. The maximum Gasteiger partial charge on any atom is 0.328 e. The molecule has 0 aliphatic carbocycles. The number of nitrogens with one attached hydrogen (secondary N) is 1. The van der Waals surface area contributed by atoms with Gasteiger partial charge in [0.25, 0.3) is 0 Å². The van der Waals surface area contributed by atoms with Crippen LogP contribution in [0.5, 0.6) is 0 Å². The fraction of sp³-hybridized carbons (Fsp3) is 0.900. The van der Waals surface area contributed by atoms with Gasteiger partial charge in [-0.25, -0.2) is 4.79 Å². The molecule has 0 aromatic carbocycles. The van der Waals surface area contributed by atoms with Gasteiger partial charge in [-0.05, 0) is 20.3 Å². The first-order chi connectivity index (χ1) is 6.52. The van der Waals surface area contributed by atoms with Crippen LogP contribution in [0, 0.1) is 0 Å². The van der Waals surface area contributed by atoms with Crippen molar-refractivity contribution in [1.82, 2.24) is 5.32 Å². The minimum Gasteiger partial charge on any atom is -0.468 e. The van der Waals surface area contributed by atoms with Crippen LogP contribution in [0.1, 0.15) is 27.2 Å². The second kappa shape index (κ2) is 5.98. The molecule has 0 amide bonds. The summed E-state index contributed by atoms with van der Waals surface area (Å²) in [7, 11) is 2.97. The maximum absolute atomic E-state index is 11.6. The number of hydrogen-bond acceptors (Lipinski definition) is 4. The van der Waals surface area contributed by atoms with Gasteiger partial charge in [0.2, 0.25) is 0 Å². The quantitative estimate of drug-likeness (QED) is 0.653. The van der Waals surface area contributed by atoms with E-state index in [1.165, 1.54) is 7.11 Å². The van der Waals surface area contributed by atoms with Gasteiger partial charge in [-0.15, -0.1) is 0 Å². The van der Waals surface area contributed by atoms with E-state index < -0.39 is 5.54 Å². The Balaban J connectivity index is 4.67. The number of rotatable bonds is 6. The minimum absolute atomic E-state index is 0.212. The highest BCUT2D eigenvalue weighted by Crippen LogP contribution is 2.14. The predicted molar refractivity (Wildman–Crippen MR) is 55.2 cm³/mol. The third-order valence-corrected chi connectivity index (χ3v) is 2.14. The zero-order valence-electron chi connectivity index (χ0n) is 9.72. The molecule has 1 N–H and O–H groups in total. The Labute approximate surface area is 86.0 Å². The van der Waals surface area contributed by atoms with Crippen molar-refractivity contribution in [1.29, 1.82) is 0 Å². The molecule has 0 heterocycles. The summed E-state index contributed by atoms with van der Waals surface area (Å²) >= 11 is 0. The van der Waals surface area contributed by atoms with Crippen molar-refractivity contribution in [2.75, 3.05) is 20.8 Å². The summed E-state index contributed by atoms with van der Waals surface area (Å²) in [5, 5.41) is 3.20. The summed E-state index contributed by atoms with van der Waals surface area (Å²) < 4.78 is 9.84. The van der Waals surface area contributed by atoms with Crippen LogP contribution in [0.4, 0.5) is 0 Å². The van der Waals surface area contributed by atoms with E-state index in [4.69, 9.17) is 9.47 Å². The Morgan fingerprint density at radius 1 is 1.43 bits per heavy atom. The van der Waals surface area contributed by atoms with Gasteiger partial charge in [-0.3, -0.25) is 5.32 Å². The smallest absolute Gasteiger partial charge is 0.328 e. The molecule has 0 saturated carbocycles. The zero-order valence-corrected chi connectivity index (χ0v) is 9.72. The van der Waals surface area contributed by atoms with Gasteiger partial charge in [-0.2, -0.15) is 0 Å². The van der Waals surface area contributed by atoms with Crippen LogP contribution >= 0.6 is 0 Å². The van der Waals surface area contributed by atoms with E-state index in [1.807, 2.05) is 20.8 Å². The summed E-state index contributed by atoms with van der Waals surface area (Å²) in [4.78, 5) is 11.6. The second-order valence-electron chi connectivity index (χ2n) is 3.66. The number of esters is 1. The van der Waals surface area contributed by atoms with Crippen LogP contribution in [0.15, 0.2) is 0 Å².